The van der Waals surface area contributed by atoms with E-state index >= 15 is 0 Å². The monoisotopic (exact) mass is 459 g/mol. The van der Waals surface area contributed by atoms with Crippen LogP contribution in [0.4, 0.5) is 16.2 Å². The zero-order valence-corrected chi connectivity index (χ0v) is 19.8. The van der Waals surface area contributed by atoms with Crippen molar-refractivity contribution in [1.82, 2.24) is 15.1 Å². The molecule has 3 aromatic rings. The molecule has 0 saturated carbocycles. The van der Waals surface area contributed by atoms with Gasteiger partial charge in [-0.25, -0.2) is 4.79 Å². The van der Waals surface area contributed by atoms with Gasteiger partial charge in [0.1, 0.15) is 0 Å². The Morgan fingerprint density at radius 1 is 0.824 bits per heavy atom. The van der Waals surface area contributed by atoms with Gasteiger partial charge < -0.3 is 26.2 Å². The number of carbonyl (C=O) groups excluding carboxylic acids is 2. The van der Waals surface area contributed by atoms with Crippen LogP contribution < -0.4 is 16.4 Å². The number of para-hydroxylation sites is 2. The SMILES string of the molecule is CN(C)CCN(Cc1ccc(C(=O)Nc2ccccc2N)cc1)C(=O)NCCc1ccccc1. The van der Waals surface area contributed by atoms with Crippen LogP contribution in [0, 0.1) is 0 Å². The molecule has 34 heavy (non-hydrogen) atoms. The minimum absolute atomic E-state index is 0.0980. The number of anilines is 2. The Morgan fingerprint density at radius 2 is 1.50 bits per heavy atom. The standard InChI is InChI=1S/C27H33N5O2/c1-31(2)18-19-32(27(34)29-17-16-21-8-4-3-5-9-21)20-22-12-14-23(15-13-22)26(33)30-25-11-7-6-10-24(25)28/h3-15H,16-20,28H2,1-2H3,(H,29,34)(H,30,33). The van der Waals surface area contributed by atoms with Gasteiger partial charge in [0, 0.05) is 31.7 Å². The van der Waals surface area contributed by atoms with E-state index < -0.39 is 0 Å². The lowest BCUT2D eigenvalue weighted by Gasteiger charge is -2.25. The normalized spacial score (nSPS) is 10.7. The van der Waals surface area contributed by atoms with Gasteiger partial charge in [-0.15, -0.1) is 0 Å². The first-order chi connectivity index (χ1) is 16.4. The number of likely N-dealkylation sites (N-methyl/N-ethyl adjacent to an activating group) is 1. The Balaban J connectivity index is 1.59. The van der Waals surface area contributed by atoms with Crippen molar-refractivity contribution in [2.45, 2.75) is 13.0 Å². The highest BCUT2D eigenvalue weighted by Gasteiger charge is 2.15. The van der Waals surface area contributed by atoms with E-state index in [0.29, 0.717) is 36.6 Å². The number of nitrogen functional groups attached to an aromatic ring is 1. The zero-order valence-electron chi connectivity index (χ0n) is 19.8. The van der Waals surface area contributed by atoms with Crippen molar-refractivity contribution in [3.05, 3.63) is 95.6 Å². The maximum absolute atomic E-state index is 12.9. The number of benzene rings is 3. The molecule has 3 aromatic carbocycles. The number of hydrogen-bond donors (Lipinski definition) is 3. The van der Waals surface area contributed by atoms with E-state index in [2.05, 4.69) is 22.8 Å². The predicted octanol–water partition coefficient (Wildman–Crippen LogP) is 3.84. The molecule has 0 aliphatic heterocycles. The quantitative estimate of drug-likeness (QED) is 0.402. The molecule has 0 fully saturated rings. The molecule has 0 bridgehead atoms. The highest BCUT2D eigenvalue weighted by Crippen LogP contribution is 2.18. The van der Waals surface area contributed by atoms with Crippen LogP contribution in [0.15, 0.2) is 78.9 Å². The van der Waals surface area contributed by atoms with Gasteiger partial charge >= 0.3 is 6.03 Å². The number of nitrogens with one attached hydrogen (secondary N) is 2. The first-order valence-electron chi connectivity index (χ1n) is 11.4. The van der Waals surface area contributed by atoms with Crippen molar-refractivity contribution in [3.8, 4) is 0 Å². The van der Waals surface area contributed by atoms with Crippen molar-refractivity contribution in [2.24, 2.45) is 0 Å². The molecule has 0 saturated heterocycles. The second kappa shape index (κ2) is 12.4. The van der Waals surface area contributed by atoms with Crippen LogP contribution >= 0.6 is 0 Å². The highest BCUT2D eigenvalue weighted by molar-refractivity contribution is 6.05. The maximum Gasteiger partial charge on any atom is 0.317 e. The van der Waals surface area contributed by atoms with Gasteiger partial charge in [0.05, 0.1) is 11.4 Å². The van der Waals surface area contributed by atoms with Crippen LogP contribution in [0.25, 0.3) is 0 Å². The molecule has 178 valence electrons. The molecule has 0 atom stereocenters. The molecule has 3 rings (SSSR count). The largest absolute Gasteiger partial charge is 0.397 e. The first-order valence-corrected chi connectivity index (χ1v) is 11.4. The number of hydrogen-bond acceptors (Lipinski definition) is 4. The van der Waals surface area contributed by atoms with Gasteiger partial charge in [-0.2, -0.15) is 0 Å². The summed E-state index contributed by atoms with van der Waals surface area (Å²) in [5.74, 6) is -0.229. The van der Waals surface area contributed by atoms with Crippen LogP contribution in [-0.4, -0.2) is 55.5 Å². The van der Waals surface area contributed by atoms with Crippen LogP contribution in [-0.2, 0) is 13.0 Å². The summed E-state index contributed by atoms with van der Waals surface area (Å²) in [4.78, 5) is 29.3. The summed E-state index contributed by atoms with van der Waals surface area (Å²) < 4.78 is 0. The van der Waals surface area contributed by atoms with Crippen LogP contribution in [0.5, 0.6) is 0 Å². The second-order valence-electron chi connectivity index (χ2n) is 8.43. The summed E-state index contributed by atoms with van der Waals surface area (Å²) >= 11 is 0. The molecule has 7 heteroatoms. The first kappa shape index (κ1) is 24.8. The van der Waals surface area contributed by atoms with Gasteiger partial charge in [0.25, 0.3) is 5.91 Å². The van der Waals surface area contributed by atoms with Gasteiger partial charge in [-0.05, 0) is 55.9 Å². The molecular formula is C27H33N5O2. The molecule has 3 amide bonds. The molecule has 0 aromatic heterocycles. The smallest absolute Gasteiger partial charge is 0.317 e. The summed E-state index contributed by atoms with van der Waals surface area (Å²) in [6, 6.07) is 24.4. The number of nitrogens with two attached hydrogens (primary N) is 1. The lowest BCUT2D eigenvalue weighted by atomic mass is 10.1. The van der Waals surface area contributed by atoms with E-state index in [1.165, 1.54) is 5.56 Å². The number of carbonyl (C=O) groups is 2. The Bertz CT molecular complexity index is 1070. The van der Waals surface area contributed by atoms with E-state index in [-0.39, 0.29) is 11.9 Å². The minimum Gasteiger partial charge on any atom is -0.397 e. The minimum atomic E-state index is -0.229. The fraction of sp³-hybridized carbons (Fsp3) is 0.259. The molecule has 4 N–H and O–H groups in total. The topological polar surface area (TPSA) is 90.7 Å². The molecule has 0 aliphatic rings. The fourth-order valence-electron chi connectivity index (χ4n) is 3.43. The zero-order chi connectivity index (χ0) is 24.3. The van der Waals surface area contributed by atoms with Crippen LogP contribution in [0.1, 0.15) is 21.5 Å². The van der Waals surface area contributed by atoms with Gasteiger partial charge in [-0.1, -0.05) is 54.6 Å². The van der Waals surface area contributed by atoms with Crippen LogP contribution in [0.3, 0.4) is 0 Å². The lowest BCUT2D eigenvalue weighted by Crippen LogP contribution is -2.43. The molecule has 7 nitrogen and oxygen atoms in total. The number of amides is 3. The summed E-state index contributed by atoms with van der Waals surface area (Å²) in [6.07, 6.45) is 0.782. The van der Waals surface area contributed by atoms with E-state index in [1.54, 1.807) is 29.2 Å². The average Bonchev–Trinajstić information content (AvgIpc) is 2.84. The summed E-state index contributed by atoms with van der Waals surface area (Å²) in [5, 5.41) is 5.86. The lowest BCUT2D eigenvalue weighted by molar-refractivity contribution is 0.102. The number of urea groups is 1. The second-order valence-corrected chi connectivity index (χ2v) is 8.43. The van der Waals surface area contributed by atoms with E-state index in [4.69, 9.17) is 5.73 Å². The third-order valence-electron chi connectivity index (χ3n) is 5.44. The predicted molar refractivity (Wildman–Crippen MR) is 138 cm³/mol. The van der Waals surface area contributed by atoms with Crippen molar-refractivity contribution >= 4 is 23.3 Å². The van der Waals surface area contributed by atoms with Crippen molar-refractivity contribution in [1.29, 1.82) is 0 Å². The Kier molecular flexibility index (Phi) is 9.05. The van der Waals surface area contributed by atoms with Gasteiger partial charge in [0.2, 0.25) is 0 Å². The number of nitrogens with zero attached hydrogens (tertiary/aromatic N) is 2. The summed E-state index contributed by atoms with van der Waals surface area (Å²) in [6.45, 7) is 2.38. The van der Waals surface area contributed by atoms with E-state index in [0.717, 1.165) is 18.5 Å². The summed E-state index contributed by atoms with van der Waals surface area (Å²) in [7, 11) is 3.97. The van der Waals surface area contributed by atoms with Crippen molar-refractivity contribution < 1.29 is 9.59 Å². The summed E-state index contributed by atoms with van der Waals surface area (Å²) in [5.41, 5.74) is 9.68. The van der Waals surface area contributed by atoms with Crippen LogP contribution in [0.2, 0.25) is 0 Å². The molecule has 0 aliphatic carbocycles. The van der Waals surface area contributed by atoms with Gasteiger partial charge in [-0.3, -0.25) is 4.79 Å². The maximum atomic E-state index is 12.9. The fourth-order valence-corrected chi connectivity index (χ4v) is 3.43. The molecule has 0 heterocycles. The Hall–Kier alpha value is -3.84. The van der Waals surface area contributed by atoms with Crippen molar-refractivity contribution in [3.63, 3.8) is 0 Å². The molecule has 0 radical (unpaired) electrons. The molecule has 0 unspecified atom stereocenters. The van der Waals surface area contributed by atoms with Gasteiger partial charge in [0.15, 0.2) is 0 Å². The average molecular weight is 460 g/mol. The van der Waals surface area contributed by atoms with E-state index in [9.17, 15) is 9.59 Å². The Labute approximate surface area is 201 Å². The Morgan fingerprint density at radius 3 is 2.18 bits per heavy atom. The highest BCUT2D eigenvalue weighted by atomic mass is 16.2. The third-order valence-corrected chi connectivity index (χ3v) is 5.44. The van der Waals surface area contributed by atoms with E-state index in [1.807, 2.05) is 61.5 Å². The van der Waals surface area contributed by atoms with Crippen molar-refractivity contribution in [2.75, 3.05) is 44.8 Å². The molecular weight excluding hydrogens is 426 g/mol. The number of rotatable bonds is 10. The third kappa shape index (κ3) is 7.64. The molecule has 0 spiro atoms.